The Labute approximate surface area is 86.7 Å². The van der Waals surface area contributed by atoms with E-state index in [0.29, 0.717) is 5.39 Å². The van der Waals surface area contributed by atoms with Gasteiger partial charge in [-0.05, 0) is 19.1 Å². The van der Waals surface area contributed by atoms with Crippen molar-refractivity contribution in [3.8, 4) is 0 Å². The molecule has 0 saturated carbocycles. The van der Waals surface area contributed by atoms with Crippen LogP contribution in [0.5, 0.6) is 0 Å². The van der Waals surface area contributed by atoms with Crippen LogP contribution in [0, 0.1) is 6.92 Å². The zero-order valence-corrected chi connectivity index (χ0v) is 8.94. The maximum absolute atomic E-state index is 11.9. The maximum Gasteiger partial charge on any atom is 0.281 e. The van der Waals surface area contributed by atoms with Gasteiger partial charge in [-0.2, -0.15) is 4.68 Å². The van der Waals surface area contributed by atoms with E-state index in [1.54, 1.807) is 17.8 Å². The fraction of sp³-hybridized carbons (Fsp3) is 0.273. The van der Waals surface area contributed by atoms with Gasteiger partial charge in [0.2, 0.25) is 5.91 Å². The number of rotatable bonds is 0. The molecule has 1 aromatic carbocycles. The first-order chi connectivity index (χ1) is 7.02. The van der Waals surface area contributed by atoms with E-state index >= 15 is 0 Å². The van der Waals surface area contributed by atoms with Gasteiger partial charge in [0.05, 0.1) is 10.9 Å². The molecule has 0 atom stereocenters. The zero-order valence-electron chi connectivity index (χ0n) is 8.94. The summed E-state index contributed by atoms with van der Waals surface area (Å²) < 4.78 is 2.73. The third-order valence-electron chi connectivity index (χ3n) is 2.52. The van der Waals surface area contributed by atoms with Gasteiger partial charge in [-0.3, -0.25) is 14.3 Å². The monoisotopic (exact) mass is 204 g/mol. The van der Waals surface area contributed by atoms with Crippen LogP contribution in [0.4, 0.5) is 0 Å². The molecule has 2 aromatic rings. The lowest BCUT2D eigenvalue weighted by atomic mass is 10.2. The minimum Gasteiger partial charge on any atom is -0.278 e. The first-order valence-corrected chi connectivity index (χ1v) is 4.71. The Bertz CT molecular complexity index is 605. The fourth-order valence-electron chi connectivity index (χ4n) is 1.82. The maximum atomic E-state index is 11.9. The number of hydrogen-bond acceptors (Lipinski definition) is 2. The molecule has 2 rings (SSSR count). The van der Waals surface area contributed by atoms with Crippen LogP contribution in [-0.2, 0) is 7.05 Å². The SMILES string of the molecule is CC(=O)n1c(=O)c2cc(C)ccc2n1C. The molecule has 0 saturated heterocycles. The summed E-state index contributed by atoms with van der Waals surface area (Å²) >= 11 is 0. The second-order valence-corrected chi connectivity index (χ2v) is 3.68. The van der Waals surface area contributed by atoms with E-state index in [9.17, 15) is 9.59 Å². The van der Waals surface area contributed by atoms with E-state index in [1.807, 2.05) is 19.1 Å². The number of benzene rings is 1. The molecule has 0 fully saturated rings. The Balaban J connectivity index is 2.98. The summed E-state index contributed by atoms with van der Waals surface area (Å²) in [4.78, 5) is 23.1. The molecule has 0 amide bonds. The number of carbonyl (C=O) groups excluding carboxylic acids is 1. The molecule has 0 spiro atoms. The lowest BCUT2D eigenvalue weighted by molar-refractivity contribution is 0.0904. The van der Waals surface area contributed by atoms with Crippen LogP contribution < -0.4 is 5.56 Å². The second kappa shape index (κ2) is 3.08. The van der Waals surface area contributed by atoms with Gasteiger partial charge in [-0.1, -0.05) is 11.6 Å². The van der Waals surface area contributed by atoms with Crippen molar-refractivity contribution >= 4 is 16.8 Å². The third-order valence-corrected chi connectivity index (χ3v) is 2.52. The first-order valence-electron chi connectivity index (χ1n) is 4.71. The molecule has 0 radical (unpaired) electrons. The largest absolute Gasteiger partial charge is 0.281 e. The molecular formula is C11H12N2O2. The summed E-state index contributed by atoms with van der Waals surface area (Å²) in [5.41, 5.74) is 1.55. The van der Waals surface area contributed by atoms with Crippen molar-refractivity contribution < 1.29 is 4.79 Å². The van der Waals surface area contributed by atoms with Gasteiger partial charge < -0.3 is 0 Å². The first kappa shape index (κ1) is 9.71. The van der Waals surface area contributed by atoms with E-state index in [0.717, 1.165) is 15.8 Å². The highest BCUT2D eigenvalue weighted by molar-refractivity contribution is 5.85. The summed E-state index contributed by atoms with van der Waals surface area (Å²) in [5, 5.41) is 0.590. The van der Waals surface area contributed by atoms with Crippen LogP contribution in [-0.4, -0.2) is 15.3 Å². The van der Waals surface area contributed by atoms with E-state index in [4.69, 9.17) is 0 Å². The highest BCUT2D eigenvalue weighted by atomic mass is 16.2. The summed E-state index contributed by atoms with van der Waals surface area (Å²) in [5.74, 6) is -0.267. The van der Waals surface area contributed by atoms with Crippen LogP contribution in [0.2, 0.25) is 0 Å². The zero-order chi connectivity index (χ0) is 11.2. The smallest absolute Gasteiger partial charge is 0.278 e. The molecule has 0 unspecified atom stereocenters. The molecule has 4 nitrogen and oxygen atoms in total. The highest BCUT2D eigenvalue weighted by Gasteiger charge is 2.12. The third kappa shape index (κ3) is 1.29. The van der Waals surface area contributed by atoms with Crippen molar-refractivity contribution in [3.05, 3.63) is 34.1 Å². The lowest BCUT2D eigenvalue weighted by Gasteiger charge is -2.01. The normalized spacial score (nSPS) is 10.9. The minimum absolute atomic E-state index is 0.247. The van der Waals surface area contributed by atoms with Crippen LogP contribution in [0.15, 0.2) is 23.0 Å². The van der Waals surface area contributed by atoms with E-state index in [2.05, 4.69) is 0 Å². The lowest BCUT2D eigenvalue weighted by Crippen LogP contribution is -2.26. The molecule has 15 heavy (non-hydrogen) atoms. The predicted octanol–water partition coefficient (Wildman–Crippen LogP) is 1.31. The standard InChI is InChI=1S/C11H12N2O2/c1-7-4-5-10-9(6-7)11(15)13(8(2)14)12(10)3/h4-6H,1-3H3. The number of carbonyl (C=O) groups is 1. The molecule has 4 heteroatoms. The summed E-state index contributed by atoms with van der Waals surface area (Å²) in [7, 11) is 1.71. The Morgan fingerprint density at radius 1 is 1.33 bits per heavy atom. The van der Waals surface area contributed by atoms with Gasteiger partial charge in [0.25, 0.3) is 5.56 Å². The Morgan fingerprint density at radius 3 is 2.60 bits per heavy atom. The van der Waals surface area contributed by atoms with Gasteiger partial charge in [0.15, 0.2) is 0 Å². The van der Waals surface area contributed by atoms with Crippen molar-refractivity contribution in [1.82, 2.24) is 9.36 Å². The molecule has 0 bridgehead atoms. The topological polar surface area (TPSA) is 44.0 Å². The average Bonchev–Trinajstić information content (AvgIpc) is 2.39. The summed E-state index contributed by atoms with van der Waals surface area (Å²) in [6, 6.07) is 5.58. The van der Waals surface area contributed by atoms with Crippen LogP contribution in [0.1, 0.15) is 17.3 Å². The molecule has 0 aliphatic carbocycles. The second-order valence-electron chi connectivity index (χ2n) is 3.68. The van der Waals surface area contributed by atoms with E-state index < -0.39 is 0 Å². The van der Waals surface area contributed by atoms with Crippen molar-refractivity contribution in [3.63, 3.8) is 0 Å². The van der Waals surface area contributed by atoms with E-state index in [-0.39, 0.29) is 11.5 Å². The predicted molar refractivity (Wildman–Crippen MR) is 58.2 cm³/mol. The highest BCUT2D eigenvalue weighted by Crippen LogP contribution is 2.12. The van der Waals surface area contributed by atoms with Gasteiger partial charge in [-0.25, -0.2) is 0 Å². The van der Waals surface area contributed by atoms with Gasteiger partial charge in [-0.15, -0.1) is 0 Å². The Kier molecular flexibility index (Phi) is 2.00. The molecule has 0 aliphatic heterocycles. The number of nitrogens with zero attached hydrogens (tertiary/aromatic N) is 2. The quantitative estimate of drug-likeness (QED) is 0.649. The summed E-state index contributed by atoms with van der Waals surface area (Å²) in [6.07, 6.45) is 0. The molecular weight excluding hydrogens is 192 g/mol. The molecule has 78 valence electrons. The van der Waals surface area contributed by atoms with Crippen LogP contribution in [0.25, 0.3) is 10.9 Å². The van der Waals surface area contributed by atoms with Crippen LogP contribution >= 0.6 is 0 Å². The van der Waals surface area contributed by atoms with Crippen molar-refractivity contribution in [2.45, 2.75) is 13.8 Å². The molecule has 0 aliphatic rings. The Morgan fingerprint density at radius 2 is 2.00 bits per heavy atom. The van der Waals surface area contributed by atoms with Crippen molar-refractivity contribution in [1.29, 1.82) is 0 Å². The Hall–Kier alpha value is -1.84. The van der Waals surface area contributed by atoms with Gasteiger partial charge in [0, 0.05) is 14.0 Å². The number of aryl methyl sites for hydroxylation is 2. The average molecular weight is 204 g/mol. The van der Waals surface area contributed by atoms with Crippen LogP contribution in [0.3, 0.4) is 0 Å². The van der Waals surface area contributed by atoms with E-state index in [1.165, 1.54) is 6.92 Å². The van der Waals surface area contributed by atoms with Crippen molar-refractivity contribution in [2.75, 3.05) is 0 Å². The number of fused-ring (bicyclic) bond motifs is 1. The molecule has 1 aromatic heterocycles. The van der Waals surface area contributed by atoms with Crippen molar-refractivity contribution in [2.24, 2.45) is 7.05 Å². The minimum atomic E-state index is -0.267. The summed E-state index contributed by atoms with van der Waals surface area (Å²) in [6.45, 7) is 3.30. The molecule has 0 N–H and O–H groups in total. The number of hydrogen-bond donors (Lipinski definition) is 0. The van der Waals surface area contributed by atoms with Gasteiger partial charge in [0.1, 0.15) is 0 Å². The fourth-order valence-corrected chi connectivity index (χ4v) is 1.82. The number of aromatic nitrogens is 2. The molecule has 1 heterocycles. The van der Waals surface area contributed by atoms with Gasteiger partial charge >= 0.3 is 0 Å².